The Hall–Kier alpha value is -1.75. The summed E-state index contributed by atoms with van der Waals surface area (Å²) in [6.07, 6.45) is 0. The smallest absolute Gasteiger partial charge is 0.356 e. The molecule has 1 heterocycles. The van der Waals surface area contributed by atoms with E-state index >= 15 is 0 Å². The lowest BCUT2D eigenvalue weighted by Crippen LogP contribution is -1.99. The Balaban J connectivity index is 2.07. The summed E-state index contributed by atoms with van der Waals surface area (Å²) in [5.41, 5.74) is 0.993. The molecule has 1 aromatic carbocycles. The monoisotopic (exact) mass is 248 g/mol. The lowest BCUT2D eigenvalue weighted by Gasteiger charge is -2.01. The SMILES string of the molecule is Cn1nc(C(=O)O)cc1CSc1ccccc1. The van der Waals surface area contributed by atoms with Gasteiger partial charge in [-0.15, -0.1) is 11.8 Å². The number of thioether (sulfide) groups is 1. The highest BCUT2D eigenvalue weighted by atomic mass is 32.2. The molecule has 0 saturated heterocycles. The first-order valence-corrected chi connectivity index (χ1v) is 6.09. The Morgan fingerprint density at radius 1 is 1.41 bits per heavy atom. The number of aromatic carboxylic acids is 1. The highest BCUT2D eigenvalue weighted by Crippen LogP contribution is 2.22. The van der Waals surface area contributed by atoms with Gasteiger partial charge in [-0.1, -0.05) is 18.2 Å². The molecule has 0 fully saturated rings. The van der Waals surface area contributed by atoms with Crippen molar-refractivity contribution in [2.45, 2.75) is 10.6 Å². The lowest BCUT2D eigenvalue weighted by atomic mass is 10.4. The van der Waals surface area contributed by atoms with E-state index in [0.29, 0.717) is 5.75 Å². The van der Waals surface area contributed by atoms with Crippen molar-refractivity contribution >= 4 is 17.7 Å². The summed E-state index contributed by atoms with van der Waals surface area (Å²) in [6.45, 7) is 0. The fraction of sp³-hybridized carbons (Fsp3) is 0.167. The van der Waals surface area contributed by atoms with Crippen LogP contribution in [0.4, 0.5) is 0 Å². The predicted octanol–water partition coefficient (Wildman–Crippen LogP) is 2.41. The number of carbonyl (C=O) groups is 1. The number of carboxylic acid groups (broad SMARTS) is 1. The molecular weight excluding hydrogens is 236 g/mol. The van der Waals surface area contributed by atoms with Gasteiger partial charge in [0.2, 0.25) is 0 Å². The van der Waals surface area contributed by atoms with Gasteiger partial charge in [-0.2, -0.15) is 5.10 Å². The van der Waals surface area contributed by atoms with Crippen LogP contribution >= 0.6 is 11.8 Å². The second kappa shape index (κ2) is 5.05. The maximum absolute atomic E-state index is 10.8. The molecule has 1 aromatic heterocycles. The maximum Gasteiger partial charge on any atom is 0.356 e. The molecule has 0 bridgehead atoms. The molecule has 2 aromatic rings. The standard InChI is InChI=1S/C12H12N2O2S/c1-14-9(7-11(13-14)12(15)16)8-17-10-5-3-2-4-6-10/h2-7H,8H2,1H3,(H,15,16). The average Bonchev–Trinajstić information content (AvgIpc) is 2.70. The van der Waals surface area contributed by atoms with Crippen LogP contribution in [0.5, 0.6) is 0 Å². The third kappa shape index (κ3) is 2.88. The van der Waals surface area contributed by atoms with E-state index in [1.807, 2.05) is 30.3 Å². The van der Waals surface area contributed by atoms with Crippen LogP contribution in [0.25, 0.3) is 0 Å². The second-order valence-electron chi connectivity index (χ2n) is 3.55. The van der Waals surface area contributed by atoms with E-state index in [0.717, 1.165) is 10.6 Å². The van der Waals surface area contributed by atoms with E-state index in [9.17, 15) is 4.79 Å². The van der Waals surface area contributed by atoms with Crippen molar-refractivity contribution in [1.82, 2.24) is 9.78 Å². The third-order valence-electron chi connectivity index (χ3n) is 2.33. The molecule has 17 heavy (non-hydrogen) atoms. The van der Waals surface area contributed by atoms with Crippen LogP contribution in [0.15, 0.2) is 41.3 Å². The molecule has 0 spiro atoms. The summed E-state index contributed by atoms with van der Waals surface area (Å²) >= 11 is 1.66. The van der Waals surface area contributed by atoms with Gasteiger partial charge in [0, 0.05) is 23.4 Å². The number of benzene rings is 1. The number of aromatic nitrogens is 2. The molecule has 0 amide bonds. The fourth-order valence-corrected chi connectivity index (χ4v) is 2.35. The molecule has 0 aliphatic heterocycles. The van der Waals surface area contributed by atoms with Gasteiger partial charge in [0.15, 0.2) is 5.69 Å². The van der Waals surface area contributed by atoms with Crippen molar-refractivity contribution in [3.8, 4) is 0 Å². The van der Waals surface area contributed by atoms with Gasteiger partial charge in [0.25, 0.3) is 0 Å². The summed E-state index contributed by atoms with van der Waals surface area (Å²) < 4.78 is 1.61. The van der Waals surface area contributed by atoms with Crippen molar-refractivity contribution in [3.05, 3.63) is 47.8 Å². The molecule has 88 valence electrons. The van der Waals surface area contributed by atoms with Gasteiger partial charge in [-0.25, -0.2) is 4.79 Å². The number of hydrogen-bond donors (Lipinski definition) is 1. The molecule has 5 heteroatoms. The second-order valence-corrected chi connectivity index (χ2v) is 4.60. The number of hydrogen-bond acceptors (Lipinski definition) is 3. The third-order valence-corrected chi connectivity index (χ3v) is 3.37. The summed E-state index contributed by atoms with van der Waals surface area (Å²) in [6, 6.07) is 11.6. The van der Waals surface area contributed by atoms with Crippen LogP contribution in [0.1, 0.15) is 16.2 Å². The van der Waals surface area contributed by atoms with Crippen molar-refractivity contribution in [2.75, 3.05) is 0 Å². The summed E-state index contributed by atoms with van der Waals surface area (Å²) in [5.74, 6) is -0.280. The number of nitrogens with zero attached hydrogens (tertiary/aromatic N) is 2. The number of rotatable bonds is 4. The van der Waals surface area contributed by atoms with Crippen LogP contribution in [-0.2, 0) is 12.8 Å². The topological polar surface area (TPSA) is 55.1 Å². The zero-order valence-corrected chi connectivity index (χ0v) is 10.1. The lowest BCUT2D eigenvalue weighted by molar-refractivity contribution is 0.0689. The molecule has 1 N–H and O–H groups in total. The number of carboxylic acids is 1. The van der Waals surface area contributed by atoms with Crippen molar-refractivity contribution in [3.63, 3.8) is 0 Å². The van der Waals surface area contributed by atoms with E-state index in [2.05, 4.69) is 5.10 Å². The zero-order chi connectivity index (χ0) is 12.3. The summed E-state index contributed by atoms with van der Waals surface area (Å²) in [7, 11) is 1.76. The molecule has 0 aliphatic rings. The largest absolute Gasteiger partial charge is 0.476 e. The molecule has 2 rings (SSSR count). The molecule has 0 aliphatic carbocycles. The zero-order valence-electron chi connectivity index (χ0n) is 9.33. The predicted molar refractivity (Wildman–Crippen MR) is 66.2 cm³/mol. The van der Waals surface area contributed by atoms with Gasteiger partial charge < -0.3 is 5.11 Å². The normalized spacial score (nSPS) is 10.4. The highest BCUT2D eigenvalue weighted by Gasteiger charge is 2.10. The Morgan fingerprint density at radius 2 is 2.12 bits per heavy atom. The Morgan fingerprint density at radius 3 is 2.71 bits per heavy atom. The Kier molecular flexibility index (Phi) is 3.49. The molecular formula is C12H12N2O2S. The first-order chi connectivity index (χ1) is 8.16. The van der Waals surface area contributed by atoms with Gasteiger partial charge in [0.05, 0.1) is 0 Å². The van der Waals surface area contributed by atoms with Gasteiger partial charge >= 0.3 is 5.97 Å². The quantitative estimate of drug-likeness (QED) is 0.844. The van der Waals surface area contributed by atoms with Crippen LogP contribution in [-0.4, -0.2) is 20.9 Å². The highest BCUT2D eigenvalue weighted by molar-refractivity contribution is 7.98. The molecule has 0 radical (unpaired) electrons. The van der Waals surface area contributed by atoms with E-state index in [1.54, 1.807) is 29.6 Å². The van der Waals surface area contributed by atoms with Crippen LogP contribution in [0.3, 0.4) is 0 Å². The Bertz CT molecular complexity index is 523. The molecule has 0 unspecified atom stereocenters. The van der Waals surface area contributed by atoms with E-state index in [4.69, 9.17) is 5.11 Å². The van der Waals surface area contributed by atoms with Gasteiger partial charge in [-0.3, -0.25) is 4.68 Å². The minimum absolute atomic E-state index is 0.0937. The first-order valence-electron chi connectivity index (χ1n) is 5.11. The first kappa shape index (κ1) is 11.7. The molecule has 4 nitrogen and oxygen atoms in total. The minimum Gasteiger partial charge on any atom is -0.476 e. The van der Waals surface area contributed by atoms with Crippen LogP contribution in [0.2, 0.25) is 0 Å². The molecule has 0 atom stereocenters. The minimum atomic E-state index is -0.989. The van der Waals surface area contributed by atoms with Crippen molar-refractivity contribution in [2.24, 2.45) is 7.05 Å². The fourth-order valence-electron chi connectivity index (χ4n) is 1.42. The Labute approximate surface area is 103 Å². The maximum atomic E-state index is 10.8. The molecule has 0 saturated carbocycles. The van der Waals surface area contributed by atoms with E-state index < -0.39 is 5.97 Å². The van der Waals surface area contributed by atoms with Gasteiger partial charge in [-0.05, 0) is 18.2 Å². The van der Waals surface area contributed by atoms with Gasteiger partial charge in [0.1, 0.15) is 0 Å². The summed E-state index contributed by atoms with van der Waals surface area (Å²) in [5, 5.41) is 12.8. The van der Waals surface area contributed by atoms with Crippen LogP contribution < -0.4 is 0 Å². The van der Waals surface area contributed by atoms with E-state index in [-0.39, 0.29) is 5.69 Å². The van der Waals surface area contributed by atoms with Crippen LogP contribution in [0, 0.1) is 0 Å². The van der Waals surface area contributed by atoms with Crippen molar-refractivity contribution < 1.29 is 9.90 Å². The average molecular weight is 248 g/mol. The number of aryl methyl sites for hydroxylation is 1. The van der Waals surface area contributed by atoms with Crippen molar-refractivity contribution in [1.29, 1.82) is 0 Å². The van der Waals surface area contributed by atoms with E-state index in [1.165, 1.54) is 0 Å². The summed E-state index contributed by atoms with van der Waals surface area (Å²) in [4.78, 5) is 11.9.